The van der Waals surface area contributed by atoms with Crippen molar-refractivity contribution < 1.29 is 9.50 Å². The van der Waals surface area contributed by atoms with E-state index >= 15 is 0 Å². The molecule has 1 saturated heterocycles. The summed E-state index contributed by atoms with van der Waals surface area (Å²) in [5.74, 6) is 0.751. The average molecular weight is 288 g/mol. The number of aliphatic hydroxyl groups excluding tert-OH is 1. The molecule has 5 nitrogen and oxygen atoms in total. The van der Waals surface area contributed by atoms with E-state index in [2.05, 4.69) is 9.97 Å². The quantitative estimate of drug-likeness (QED) is 0.895. The number of nitrogens with two attached hydrogens (primary N) is 1. The molecule has 1 aliphatic heterocycles. The molecule has 21 heavy (non-hydrogen) atoms. The van der Waals surface area contributed by atoms with Gasteiger partial charge in [-0.2, -0.15) is 0 Å². The first-order valence-electron chi connectivity index (χ1n) is 6.87. The fourth-order valence-corrected chi connectivity index (χ4v) is 2.79. The molecule has 0 radical (unpaired) electrons. The van der Waals surface area contributed by atoms with Crippen molar-refractivity contribution in [2.24, 2.45) is 0 Å². The zero-order valence-electron chi connectivity index (χ0n) is 11.5. The summed E-state index contributed by atoms with van der Waals surface area (Å²) in [5, 5.41) is 9.93. The number of nitrogens with zero attached hydrogens (tertiary/aromatic N) is 3. The maximum Gasteiger partial charge on any atom is 0.144 e. The lowest BCUT2D eigenvalue weighted by Gasteiger charge is -2.23. The Balaban J connectivity index is 1.82. The number of likely N-dealkylation sites (tertiary alicyclic amines) is 1. The first-order valence-corrected chi connectivity index (χ1v) is 6.87. The number of halogens is 1. The predicted molar refractivity (Wildman–Crippen MR) is 76.6 cm³/mol. The van der Waals surface area contributed by atoms with Crippen molar-refractivity contribution in [3.05, 3.63) is 53.7 Å². The van der Waals surface area contributed by atoms with Crippen LogP contribution in [0.5, 0.6) is 0 Å². The number of rotatable bonds is 3. The third-order valence-corrected chi connectivity index (χ3v) is 3.69. The number of aliphatic hydroxyl groups is 1. The molecule has 2 atom stereocenters. The molecule has 2 aromatic rings. The molecule has 2 heterocycles. The lowest BCUT2D eigenvalue weighted by atomic mass is 10.0. The molecule has 0 amide bonds. The van der Waals surface area contributed by atoms with Gasteiger partial charge in [-0.15, -0.1) is 0 Å². The Labute approximate surface area is 122 Å². The van der Waals surface area contributed by atoms with Gasteiger partial charge in [-0.3, -0.25) is 4.90 Å². The van der Waals surface area contributed by atoms with Gasteiger partial charge in [-0.1, -0.05) is 12.1 Å². The highest BCUT2D eigenvalue weighted by molar-refractivity contribution is 5.25. The van der Waals surface area contributed by atoms with Crippen LogP contribution < -0.4 is 5.73 Å². The molecule has 0 unspecified atom stereocenters. The largest absolute Gasteiger partial charge is 0.392 e. The molecule has 1 fully saturated rings. The third-order valence-electron chi connectivity index (χ3n) is 3.69. The second-order valence-electron chi connectivity index (χ2n) is 5.29. The normalized spacial score (nSPS) is 22.6. The summed E-state index contributed by atoms with van der Waals surface area (Å²) in [6.07, 6.45) is 1.76. The van der Waals surface area contributed by atoms with Crippen molar-refractivity contribution in [3.8, 4) is 0 Å². The number of hydrogen-bond acceptors (Lipinski definition) is 5. The number of hydrogen-bond donors (Lipinski definition) is 2. The van der Waals surface area contributed by atoms with Crippen molar-refractivity contribution in [1.29, 1.82) is 0 Å². The zero-order chi connectivity index (χ0) is 14.8. The Morgan fingerprint density at radius 3 is 3.00 bits per heavy atom. The first kappa shape index (κ1) is 13.9. The minimum Gasteiger partial charge on any atom is -0.392 e. The summed E-state index contributed by atoms with van der Waals surface area (Å²) >= 11 is 0. The standard InChI is InChI=1S/C15H17FN4O/c16-11-3-1-2-10(6-11)13-7-12(21)8-20(13)9-15-18-5-4-14(17)19-15/h1-6,12-13,21H,7-9H2,(H2,17,18,19)/t12-,13+/m1/s1. The monoisotopic (exact) mass is 288 g/mol. The van der Waals surface area contributed by atoms with Crippen LogP contribution >= 0.6 is 0 Å². The Morgan fingerprint density at radius 2 is 2.24 bits per heavy atom. The fraction of sp³-hybridized carbons (Fsp3) is 0.333. The van der Waals surface area contributed by atoms with Crippen LogP contribution in [0.4, 0.5) is 10.2 Å². The molecule has 1 aliphatic rings. The molecule has 6 heteroatoms. The van der Waals surface area contributed by atoms with Crippen LogP contribution in [0, 0.1) is 5.82 Å². The molecule has 0 spiro atoms. The minimum absolute atomic E-state index is 0.0410. The van der Waals surface area contributed by atoms with Gasteiger partial charge in [0.2, 0.25) is 0 Å². The zero-order valence-corrected chi connectivity index (χ0v) is 11.5. The van der Waals surface area contributed by atoms with Crippen molar-refractivity contribution in [2.75, 3.05) is 12.3 Å². The summed E-state index contributed by atoms with van der Waals surface area (Å²) in [7, 11) is 0. The maximum atomic E-state index is 13.4. The second-order valence-corrected chi connectivity index (χ2v) is 5.29. The van der Waals surface area contributed by atoms with Gasteiger partial charge in [-0.05, 0) is 30.2 Å². The van der Waals surface area contributed by atoms with E-state index in [-0.39, 0.29) is 11.9 Å². The highest BCUT2D eigenvalue weighted by Gasteiger charge is 2.32. The van der Waals surface area contributed by atoms with Gasteiger partial charge in [0.1, 0.15) is 17.5 Å². The molecule has 0 bridgehead atoms. The van der Waals surface area contributed by atoms with Gasteiger partial charge in [0.25, 0.3) is 0 Å². The van der Waals surface area contributed by atoms with E-state index in [0.717, 1.165) is 5.56 Å². The Morgan fingerprint density at radius 1 is 1.38 bits per heavy atom. The molecule has 0 aliphatic carbocycles. The summed E-state index contributed by atoms with van der Waals surface area (Å²) in [6.45, 7) is 0.989. The number of β-amino-alcohol motifs (C(OH)–C–C–N with tert-alkyl or cyclic N) is 1. The van der Waals surface area contributed by atoms with Crippen LogP contribution in [0.3, 0.4) is 0 Å². The highest BCUT2D eigenvalue weighted by Crippen LogP contribution is 2.33. The van der Waals surface area contributed by atoms with Crippen molar-refractivity contribution in [3.63, 3.8) is 0 Å². The molecule has 110 valence electrons. The summed E-state index contributed by atoms with van der Waals surface area (Å²) in [4.78, 5) is 10.4. The SMILES string of the molecule is Nc1ccnc(CN2C[C@H](O)C[C@H]2c2cccc(F)c2)n1. The Kier molecular flexibility index (Phi) is 3.81. The van der Waals surface area contributed by atoms with E-state index in [9.17, 15) is 9.50 Å². The molecule has 0 saturated carbocycles. The second kappa shape index (κ2) is 5.75. The van der Waals surface area contributed by atoms with Crippen molar-refractivity contribution in [1.82, 2.24) is 14.9 Å². The minimum atomic E-state index is -0.431. The molecular weight excluding hydrogens is 271 g/mol. The van der Waals surface area contributed by atoms with Gasteiger partial charge in [0.05, 0.1) is 12.6 Å². The predicted octanol–water partition coefficient (Wildman–Crippen LogP) is 1.51. The first-order chi connectivity index (χ1) is 10.1. The average Bonchev–Trinajstić information content (AvgIpc) is 2.79. The van der Waals surface area contributed by atoms with Gasteiger partial charge in [0.15, 0.2) is 0 Å². The number of benzene rings is 1. The van der Waals surface area contributed by atoms with E-state index in [0.29, 0.717) is 31.2 Å². The van der Waals surface area contributed by atoms with Crippen LogP contribution in [0.1, 0.15) is 23.9 Å². The number of aromatic nitrogens is 2. The highest BCUT2D eigenvalue weighted by atomic mass is 19.1. The van der Waals surface area contributed by atoms with Crippen molar-refractivity contribution in [2.45, 2.75) is 25.1 Å². The molecule has 1 aromatic carbocycles. The van der Waals surface area contributed by atoms with E-state index < -0.39 is 6.10 Å². The van der Waals surface area contributed by atoms with Crippen molar-refractivity contribution >= 4 is 5.82 Å². The van der Waals surface area contributed by atoms with Crippen LogP contribution in [0.15, 0.2) is 36.5 Å². The topological polar surface area (TPSA) is 75.3 Å². The molecular formula is C15H17FN4O. The lowest BCUT2D eigenvalue weighted by Crippen LogP contribution is -2.25. The number of anilines is 1. The molecule has 1 aromatic heterocycles. The van der Waals surface area contributed by atoms with Gasteiger partial charge >= 0.3 is 0 Å². The van der Waals surface area contributed by atoms with Gasteiger partial charge in [-0.25, -0.2) is 14.4 Å². The van der Waals surface area contributed by atoms with Crippen LogP contribution in [0.25, 0.3) is 0 Å². The maximum absolute atomic E-state index is 13.4. The van der Waals surface area contributed by atoms with Crippen LogP contribution in [0.2, 0.25) is 0 Å². The van der Waals surface area contributed by atoms with E-state index in [4.69, 9.17) is 5.73 Å². The van der Waals surface area contributed by atoms with E-state index in [1.165, 1.54) is 12.1 Å². The Bertz CT molecular complexity index is 637. The van der Waals surface area contributed by atoms with Crippen LogP contribution in [-0.2, 0) is 6.54 Å². The van der Waals surface area contributed by atoms with E-state index in [1.54, 1.807) is 18.3 Å². The van der Waals surface area contributed by atoms with Crippen LogP contribution in [-0.4, -0.2) is 32.6 Å². The molecule has 3 N–H and O–H groups in total. The lowest BCUT2D eigenvalue weighted by molar-refractivity contribution is 0.171. The third kappa shape index (κ3) is 3.17. The summed E-state index contributed by atoms with van der Waals surface area (Å²) in [6, 6.07) is 8.08. The summed E-state index contributed by atoms with van der Waals surface area (Å²) in [5.41, 5.74) is 6.51. The summed E-state index contributed by atoms with van der Waals surface area (Å²) < 4.78 is 13.4. The Hall–Kier alpha value is -2.05. The molecule has 3 rings (SSSR count). The smallest absolute Gasteiger partial charge is 0.144 e. The van der Waals surface area contributed by atoms with E-state index in [1.807, 2.05) is 11.0 Å². The fourth-order valence-electron chi connectivity index (χ4n) is 2.79. The number of nitrogen functional groups attached to an aromatic ring is 1. The van der Waals surface area contributed by atoms with Gasteiger partial charge in [0, 0.05) is 18.8 Å². The van der Waals surface area contributed by atoms with Gasteiger partial charge < -0.3 is 10.8 Å².